The Hall–Kier alpha value is -3.56. The maximum absolute atomic E-state index is 13.8. The van der Waals surface area contributed by atoms with Gasteiger partial charge in [-0.25, -0.2) is 4.39 Å². The van der Waals surface area contributed by atoms with E-state index in [0.29, 0.717) is 30.8 Å². The van der Waals surface area contributed by atoms with Crippen LogP contribution in [-0.2, 0) is 17.5 Å². The van der Waals surface area contributed by atoms with E-state index in [0.717, 1.165) is 30.0 Å². The van der Waals surface area contributed by atoms with Crippen molar-refractivity contribution < 1.29 is 31.8 Å². The molecule has 2 aliphatic rings. The summed E-state index contributed by atoms with van der Waals surface area (Å²) < 4.78 is 65.1. The number of rotatable bonds is 10. The molecule has 0 radical (unpaired) electrons. The Morgan fingerprint density at radius 2 is 1.71 bits per heavy atom. The third-order valence-electron chi connectivity index (χ3n) is 7.10. The minimum absolute atomic E-state index is 0.00473. The van der Waals surface area contributed by atoms with Crippen LogP contribution in [0.5, 0.6) is 11.5 Å². The van der Waals surface area contributed by atoms with Crippen LogP contribution < -0.4 is 14.8 Å². The van der Waals surface area contributed by atoms with E-state index in [4.69, 9.17) is 21.1 Å². The highest BCUT2D eigenvalue weighted by Gasteiger charge is 2.38. The third-order valence-corrected chi connectivity index (χ3v) is 7.54. The SMILES string of the molecule is O=C(C1=C(c2ccc(OCCOc3ccccc3F)cc2)CCNC1)N(Cc1cccc(C(F)(F)F)c1Cl)C1CC1. The van der Waals surface area contributed by atoms with Crippen molar-refractivity contribution in [1.82, 2.24) is 10.2 Å². The fraction of sp³-hybridized carbons (Fsp3) is 0.323. The first-order valence-corrected chi connectivity index (χ1v) is 13.8. The number of hydrogen-bond acceptors (Lipinski definition) is 4. The van der Waals surface area contributed by atoms with E-state index in [-0.39, 0.29) is 48.0 Å². The molecular formula is C31H29ClF4N2O3. The minimum atomic E-state index is -4.58. The zero-order chi connectivity index (χ0) is 29.0. The number of hydrogen-bond donors (Lipinski definition) is 1. The molecule has 1 aliphatic carbocycles. The van der Waals surface area contributed by atoms with E-state index in [2.05, 4.69) is 5.32 Å². The number of carbonyl (C=O) groups excluding carboxylic acids is 1. The van der Waals surface area contributed by atoms with E-state index in [1.54, 1.807) is 35.2 Å². The first-order valence-electron chi connectivity index (χ1n) is 13.4. The summed E-state index contributed by atoms with van der Waals surface area (Å²) in [7, 11) is 0. The Morgan fingerprint density at radius 3 is 2.41 bits per heavy atom. The fourth-order valence-corrected chi connectivity index (χ4v) is 5.16. The van der Waals surface area contributed by atoms with Crippen LogP contribution in [0.4, 0.5) is 17.6 Å². The fourth-order valence-electron chi connectivity index (χ4n) is 4.86. The molecule has 216 valence electrons. The summed E-state index contributed by atoms with van der Waals surface area (Å²) in [5.74, 6) is 0.133. The van der Waals surface area contributed by atoms with Gasteiger partial charge in [0, 0.05) is 24.7 Å². The molecule has 0 saturated heterocycles. The lowest BCUT2D eigenvalue weighted by Crippen LogP contribution is -2.39. The van der Waals surface area contributed by atoms with E-state index in [1.807, 2.05) is 12.1 Å². The highest BCUT2D eigenvalue weighted by molar-refractivity contribution is 6.32. The zero-order valence-electron chi connectivity index (χ0n) is 22.1. The Morgan fingerprint density at radius 1 is 0.976 bits per heavy atom. The second kappa shape index (κ2) is 12.5. The average Bonchev–Trinajstić information content (AvgIpc) is 3.80. The van der Waals surface area contributed by atoms with Gasteiger partial charge in [-0.2, -0.15) is 13.2 Å². The van der Waals surface area contributed by atoms with Gasteiger partial charge in [0.1, 0.15) is 19.0 Å². The molecule has 1 heterocycles. The normalized spacial score (nSPS) is 15.5. The van der Waals surface area contributed by atoms with Crippen molar-refractivity contribution >= 4 is 23.1 Å². The molecule has 1 amide bonds. The number of carbonyl (C=O) groups is 1. The van der Waals surface area contributed by atoms with Crippen molar-refractivity contribution in [3.05, 3.63) is 99.8 Å². The number of ether oxygens (including phenoxy) is 2. The smallest absolute Gasteiger partial charge is 0.417 e. The van der Waals surface area contributed by atoms with Crippen molar-refractivity contribution in [2.24, 2.45) is 0 Å². The summed E-state index contributed by atoms with van der Waals surface area (Å²) in [6.07, 6.45) is -2.36. The molecule has 0 aromatic heterocycles. The van der Waals surface area contributed by atoms with Crippen LogP contribution in [-0.4, -0.2) is 43.2 Å². The van der Waals surface area contributed by atoms with Gasteiger partial charge in [-0.05, 0) is 72.8 Å². The van der Waals surface area contributed by atoms with Crippen LogP contribution in [0.15, 0.2) is 72.3 Å². The standard InChI is InChI=1S/C31H29ClF4N2O3/c32-29-21(4-3-5-26(29)31(34,35)36)19-38(22-10-11-22)30(39)25-18-37-15-14-24(25)20-8-12-23(13-9-20)40-16-17-41-28-7-2-1-6-27(28)33/h1-9,12-13,22,37H,10-11,14-19H2. The van der Waals surface area contributed by atoms with Gasteiger partial charge in [0.15, 0.2) is 11.6 Å². The van der Waals surface area contributed by atoms with Crippen LogP contribution in [0.25, 0.3) is 5.57 Å². The molecule has 0 spiro atoms. The van der Waals surface area contributed by atoms with Crippen molar-refractivity contribution in [3.63, 3.8) is 0 Å². The molecule has 1 saturated carbocycles. The highest BCUT2D eigenvalue weighted by atomic mass is 35.5. The van der Waals surface area contributed by atoms with Crippen molar-refractivity contribution in [1.29, 1.82) is 0 Å². The van der Waals surface area contributed by atoms with E-state index >= 15 is 0 Å². The number of nitrogens with one attached hydrogen (secondary N) is 1. The molecule has 0 atom stereocenters. The first-order chi connectivity index (χ1) is 19.7. The maximum Gasteiger partial charge on any atom is 0.417 e. The molecule has 5 nitrogen and oxygen atoms in total. The molecule has 3 aromatic carbocycles. The topological polar surface area (TPSA) is 50.8 Å². The summed E-state index contributed by atoms with van der Waals surface area (Å²) >= 11 is 6.16. The summed E-state index contributed by atoms with van der Waals surface area (Å²) in [6.45, 7) is 1.45. The monoisotopic (exact) mass is 588 g/mol. The van der Waals surface area contributed by atoms with E-state index in [9.17, 15) is 22.4 Å². The molecule has 10 heteroatoms. The average molecular weight is 589 g/mol. The summed E-state index contributed by atoms with van der Waals surface area (Å²) in [4.78, 5) is 15.5. The number of halogens is 5. The summed E-state index contributed by atoms with van der Waals surface area (Å²) in [5.41, 5.74) is 1.73. The largest absolute Gasteiger partial charge is 0.490 e. The lowest BCUT2D eigenvalue weighted by Gasteiger charge is -2.29. The lowest BCUT2D eigenvalue weighted by molar-refractivity contribution is -0.137. The summed E-state index contributed by atoms with van der Waals surface area (Å²) in [6, 6.07) is 17.3. The Balaban J connectivity index is 1.29. The van der Waals surface area contributed by atoms with E-state index in [1.165, 1.54) is 18.2 Å². The number of para-hydroxylation sites is 1. The third kappa shape index (κ3) is 7.02. The van der Waals surface area contributed by atoms with Crippen molar-refractivity contribution in [2.45, 2.75) is 38.0 Å². The summed E-state index contributed by atoms with van der Waals surface area (Å²) in [5, 5.41) is 2.88. The predicted molar refractivity (Wildman–Crippen MR) is 148 cm³/mol. The zero-order valence-corrected chi connectivity index (χ0v) is 22.9. The molecule has 1 aliphatic heterocycles. The molecule has 1 fully saturated rings. The van der Waals surface area contributed by atoms with Gasteiger partial charge >= 0.3 is 6.18 Å². The van der Waals surface area contributed by atoms with Crippen LogP contribution in [0.2, 0.25) is 5.02 Å². The lowest BCUT2D eigenvalue weighted by atomic mass is 9.93. The molecule has 5 rings (SSSR count). The Kier molecular flexibility index (Phi) is 8.85. The van der Waals surface area contributed by atoms with Crippen molar-refractivity contribution in [3.8, 4) is 11.5 Å². The quantitative estimate of drug-likeness (QED) is 0.207. The van der Waals surface area contributed by atoms with Gasteiger partial charge in [-0.3, -0.25) is 4.79 Å². The Labute approximate surface area is 240 Å². The predicted octanol–water partition coefficient (Wildman–Crippen LogP) is 6.89. The number of alkyl halides is 3. The highest BCUT2D eigenvalue weighted by Crippen LogP contribution is 2.38. The van der Waals surface area contributed by atoms with Gasteiger partial charge in [-0.15, -0.1) is 0 Å². The molecular weight excluding hydrogens is 560 g/mol. The van der Waals surface area contributed by atoms with Crippen molar-refractivity contribution in [2.75, 3.05) is 26.3 Å². The second-order valence-electron chi connectivity index (χ2n) is 9.98. The van der Waals surface area contributed by atoms with Crippen LogP contribution >= 0.6 is 11.6 Å². The second-order valence-corrected chi connectivity index (χ2v) is 10.4. The van der Waals surface area contributed by atoms with Gasteiger partial charge in [-0.1, -0.05) is 48.0 Å². The molecule has 1 N–H and O–H groups in total. The first kappa shape index (κ1) is 29.0. The van der Waals surface area contributed by atoms with Crippen LogP contribution in [0, 0.1) is 5.82 Å². The van der Waals surface area contributed by atoms with Gasteiger partial charge in [0.25, 0.3) is 5.91 Å². The van der Waals surface area contributed by atoms with Crippen LogP contribution in [0.3, 0.4) is 0 Å². The number of benzene rings is 3. The Bertz CT molecular complexity index is 1420. The van der Waals surface area contributed by atoms with E-state index < -0.39 is 17.6 Å². The molecule has 0 unspecified atom stereocenters. The van der Waals surface area contributed by atoms with Crippen LogP contribution in [0.1, 0.15) is 36.0 Å². The van der Waals surface area contributed by atoms with Gasteiger partial charge < -0.3 is 19.7 Å². The van der Waals surface area contributed by atoms with Gasteiger partial charge in [0.05, 0.1) is 10.6 Å². The maximum atomic E-state index is 13.8. The molecule has 0 bridgehead atoms. The minimum Gasteiger partial charge on any atom is -0.490 e. The molecule has 41 heavy (non-hydrogen) atoms. The number of nitrogens with zero attached hydrogens (tertiary/aromatic N) is 1. The molecule has 3 aromatic rings. The number of amides is 1. The van der Waals surface area contributed by atoms with Gasteiger partial charge in [0.2, 0.25) is 0 Å².